The van der Waals surface area contributed by atoms with E-state index in [2.05, 4.69) is 56.9 Å². The molecular weight excluding hydrogens is 476 g/mol. The van der Waals surface area contributed by atoms with Gasteiger partial charge in [0.15, 0.2) is 0 Å². The highest BCUT2D eigenvalue weighted by Crippen LogP contribution is 2.27. The molecule has 2 N–H and O–H groups in total. The van der Waals surface area contributed by atoms with E-state index in [-0.39, 0.29) is 6.03 Å². The van der Waals surface area contributed by atoms with E-state index >= 15 is 0 Å². The van der Waals surface area contributed by atoms with Gasteiger partial charge in [-0.2, -0.15) is 0 Å². The third-order valence-corrected chi connectivity index (χ3v) is 5.90. The zero-order valence-electron chi connectivity index (χ0n) is 21.9. The van der Waals surface area contributed by atoms with Gasteiger partial charge in [0, 0.05) is 37.6 Å². The predicted octanol–water partition coefficient (Wildman–Crippen LogP) is 5.63. The van der Waals surface area contributed by atoms with E-state index in [4.69, 9.17) is 9.47 Å². The molecule has 3 aromatic carbocycles. The van der Waals surface area contributed by atoms with Gasteiger partial charge in [-0.15, -0.1) is 0 Å². The number of nitrogens with one attached hydrogen (secondary N) is 2. The van der Waals surface area contributed by atoms with Crippen molar-refractivity contribution < 1.29 is 14.3 Å². The van der Waals surface area contributed by atoms with Crippen LogP contribution in [0.2, 0.25) is 0 Å². The highest BCUT2D eigenvalue weighted by atomic mass is 16.5. The Hall–Kier alpha value is -4.36. The van der Waals surface area contributed by atoms with Gasteiger partial charge < -0.3 is 25.0 Å². The van der Waals surface area contributed by atoms with Crippen molar-refractivity contribution in [1.29, 1.82) is 0 Å². The Morgan fingerprint density at radius 2 is 1.68 bits per heavy atom. The van der Waals surface area contributed by atoms with Gasteiger partial charge in [0.25, 0.3) is 0 Å². The van der Waals surface area contributed by atoms with Crippen molar-refractivity contribution in [2.24, 2.45) is 0 Å². The van der Waals surface area contributed by atoms with Crippen LogP contribution in [-0.2, 0) is 13.0 Å². The molecule has 0 aliphatic heterocycles. The first-order chi connectivity index (χ1) is 18.6. The molecule has 0 fully saturated rings. The Kier molecular flexibility index (Phi) is 9.70. The lowest BCUT2D eigenvalue weighted by Crippen LogP contribution is -2.28. The number of nitrogens with zero attached hydrogens (tertiary/aromatic N) is 2. The molecule has 2 amide bonds. The van der Waals surface area contributed by atoms with E-state index in [0.29, 0.717) is 25.4 Å². The quantitative estimate of drug-likeness (QED) is 0.258. The highest BCUT2D eigenvalue weighted by Gasteiger charge is 2.07. The first-order valence-electron chi connectivity index (χ1n) is 12.7. The predicted molar refractivity (Wildman–Crippen MR) is 152 cm³/mol. The maximum atomic E-state index is 12.2. The Morgan fingerprint density at radius 1 is 0.868 bits per heavy atom. The molecule has 0 saturated carbocycles. The first-order valence-corrected chi connectivity index (χ1v) is 12.7. The maximum Gasteiger partial charge on any atom is 0.319 e. The summed E-state index contributed by atoms with van der Waals surface area (Å²) >= 11 is 0. The minimum Gasteiger partial charge on any atom is -0.493 e. The van der Waals surface area contributed by atoms with Gasteiger partial charge in [-0.3, -0.25) is 4.98 Å². The van der Waals surface area contributed by atoms with Crippen LogP contribution < -0.4 is 20.1 Å². The number of carbonyl (C=O) groups excluding carboxylic acids is 1. The number of aromatic nitrogens is 1. The van der Waals surface area contributed by atoms with Crippen LogP contribution in [0.3, 0.4) is 0 Å². The molecule has 0 radical (unpaired) electrons. The minimum absolute atomic E-state index is 0.272. The van der Waals surface area contributed by atoms with Gasteiger partial charge in [-0.05, 0) is 78.8 Å². The third-order valence-electron chi connectivity index (χ3n) is 5.90. The van der Waals surface area contributed by atoms with Crippen LogP contribution in [0.5, 0.6) is 11.5 Å². The molecule has 1 heterocycles. The molecule has 0 aliphatic rings. The molecule has 0 spiro atoms. The molecule has 7 nitrogen and oxygen atoms in total. The van der Waals surface area contributed by atoms with Gasteiger partial charge in [-0.25, -0.2) is 4.79 Å². The van der Waals surface area contributed by atoms with Crippen molar-refractivity contribution in [3.63, 3.8) is 0 Å². The molecule has 0 aliphatic carbocycles. The van der Waals surface area contributed by atoms with Crippen molar-refractivity contribution >= 4 is 11.7 Å². The summed E-state index contributed by atoms with van der Waals surface area (Å²) in [7, 11) is 4.07. The molecule has 196 valence electrons. The standard InChI is InChI=1S/C31H34N4O3/c1-35(2)18-20-38-29-10-5-9-26(21-29)30-11-4-3-8-25(30)16-19-37-28-14-12-27(13-15-28)34-31(36)33-23-24-7-6-17-32-22-24/h3-15,17,21-22H,16,18-20,23H2,1-2H3,(H2,33,34,36). The van der Waals surface area contributed by atoms with Crippen molar-refractivity contribution in [1.82, 2.24) is 15.2 Å². The lowest BCUT2D eigenvalue weighted by Gasteiger charge is -2.14. The largest absolute Gasteiger partial charge is 0.493 e. The summed E-state index contributed by atoms with van der Waals surface area (Å²) in [5.41, 5.74) is 5.14. The summed E-state index contributed by atoms with van der Waals surface area (Å²) in [6.45, 7) is 2.47. The molecule has 4 rings (SSSR count). The van der Waals surface area contributed by atoms with Crippen LogP contribution in [-0.4, -0.2) is 49.8 Å². The van der Waals surface area contributed by atoms with Gasteiger partial charge in [0.05, 0.1) is 6.61 Å². The van der Waals surface area contributed by atoms with E-state index < -0.39 is 0 Å². The number of pyridine rings is 1. The fraction of sp³-hybridized carbons (Fsp3) is 0.226. The number of rotatable bonds is 12. The van der Waals surface area contributed by atoms with E-state index in [1.807, 2.05) is 62.6 Å². The second-order valence-electron chi connectivity index (χ2n) is 9.13. The smallest absolute Gasteiger partial charge is 0.319 e. The van der Waals surface area contributed by atoms with Crippen molar-refractivity contribution in [3.8, 4) is 22.6 Å². The van der Waals surface area contributed by atoms with Crippen molar-refractivity contribution in [2.45, 2.75) is 13.0 Å². The third kappa shape index (κ3) is 8.35. The summed E-state index contributed by atoms with van der Waals surface area (Å²) in [5, 5.41) is 5.65. The Bertz CT molecular complexity index is 1290. The molecule has 0 bridgehead atoms. The van der Waals surface area contributed by atoms with Crippen LogP contribution in [0.1, 0.15) is 11.1 Å². The second-order valence-corrected chi connectivity index (χ2v) is 9.13. The number of carbonyl (C=O) groups is 1. The monoisotopic (exact) mass is 510 g/mol. The maximum absolute atomic E-state index is 12.2. The number of benzene rings is 3. The molecule has 1 aromatic heterocycles. The van der Waals surface area contributed by atoms with Gasteiger partial charge in [-0.1, -0.05) is 42.5 Å². The molecule has 38 heavy (non-hydrogen) atoms. The Morgan fingerprint density at radius 3 is 2.47 bits per heavy atom. The molecule has 7 heteroatoms. The van der Waals surface area contributed by atoms with Crippen LogP contribution >= 0.6 is 0 Å². The Labute approximate surface area is 224 Å². The fourth-order valence-corrected chi connectivity index (χ4v) is 3.89. The Balaban J connectivity index is 1.28. The number of urea groups is 1. The van der Waals surface area contributed by atoms with Crippen LogP contribution in [0.15, 0.2) is 97.3 Å². The first kappa shape index (κ1) is 26.7. The minimum atomic E-state index is -0.272. The van der Waals surface area contributed by atoms with Crippen molar-refractivity contribution in [2.75, 3.05) is 39.2 Å². The van der Waals surface area contributed by atoms with E-state index in [9.17, 15) is 4.79 Å². The zero-order chi connectivity index (χ0) is 26.6. The average molecular weight is 511 g/mol. The molecule has 0 unspecified atom stereocenters. The summed E-state index contributed by atoms with van der Waals surface area (Å²) in [5.74, 6) is 1.62. The van der Waals surface area contributed by atoms with E-state index in [0.717, 1.165) is 35.6 Å². The number of hydrogen-bond donors (Lipinski definition) is 2. The fourth-order valence-electron chi connectivity index (χ4n) is 3.89. The van der Waals surface area contributed by atoms with Crippen LogP contribution in [0.4, 0.5) is 10.5 Å². The number of ether oxygens (including phenoxy) is 2. The lowest BCUT2D eigenvalue weighted by molar-refractivity contribution is 0.251. The number of likely N-dealkylation sites (N-methyl/N-ethyl adjacent to an activating group) is 1. The van der Waals surface area contributed by atoms with Gasteiger partial charge in [0.2, 0.25) is 0 Å². The van der Waals surface area contributed by atoms with Gasteiger partial charge >= 0.3 is 6.03 Å². The van der Waals surface area contributed by atoms with Crippen molar-refractivity contribution in [3.05, 3.63) is 108 Å². The van der Waals surface area contributed by atoms with Gasteiger partial charge in [0.1, 0.15) is 18.1 Å². The summed E-state index contributed by atoms with van der Waals surface area (Å²) in [6.07, 6.45) is 4.19. The number of hydrogen-bond acceptors (Lipinski definition) is 5. The topological polar surface area (TPSA) is 75.7 Å². The summed E-state index contributed by atoms with van der Waals surface area (Å²) in [4.78, 5) is 18.3. The second kappa shape index (κ2) is 13.8. The highest BCUT2D eigenvalue weighted by molar-refractivity contribution is 5.89. The number of anilines is 1. The van der Waals surface area contributed by atoms with E-state index in [1.54, 1.807) is 12.4 Å². The summed E-state index contributed by atoms with van der Waals surface area (Å²) in [6, 6.07) is 27.5. The molecule has 0 saturated heterocycles. The zero-order valence-corrected chi connectivity index (χ0v) is 21.9. The van der Waals surface area contributed by atoms with Crippen LogP contribution in [0.25, 0.3) is 11.1 Å². The average Bonchev–Trinajstić information content (AvgIpc) is 2.94. The van der Waals surface area contributed by atoms with Crippen LogP contribution in [0, 0.1) is 0 Å². The lowest BCUT2D eigenvalue weighted by atomic mass is 9.98. The molecular formula is C31H34N4O3. The number of amides is 2. The summed E-state index contributed by atoms with van der Waals surface area (Å²) < 4.78 is 11.9. The SMILES string of the molecule is CN(C)CCOc1cccc(-c2ccccc2CCOc2ccc(NC(=O)NCc3cccnc3)cc2)c1. The molecule has 0 atom stereocenters. The van der Waals surface area contributed by atoms with E-state index in [1.165, 1.54) is 11.1 Å². The molecule has 4 aromatic rings. The normalized spacial score (nSPS) is 10.7.